The van der Waals surface area contributed by atoms with Crippen molar-refractivity contribution < 1.29 is 14.3 Å². The van der Waals surface area contributed by atoms with E-state index in [4.69, 9.17) is 16.3 Å². The number of esters is 1. The Morgan fingerprint density at radius 1 is 1.47 bits per heavy atom. The van der Waals surface area contributed by atoms with Crippen LogP contribution in [0.4, 0.5) is 5.00 Å². The molecule has 0 aromatic carbocycles. The molecule has 7 heteroatoms. The van der Waals surface area contributed by atoms with E-state index in [0.717, 1.165) is 28.4 Å². The van der Waals surface area contributed by atoms with Crippen LogP contribution in [0.2, 0.25) is 0 Å². The second-order valence-corrected chi connectivity index (χ2v) is 6.58. The van der Waals surface area contributed by atoms with E-state index < -0.39 is 0 Å². The monoisotopic (exact) mass is 319 g/mol. The number of nitrogens with one attached hydrogen (secondary N) is 1. The number of halogens is 1. The van der Waals surface area contributed by atoms with Crippen molar-refractivity contribution in [3.8, 4) is 0 Å². The molecule has 0 radical (unpaired) electrons. The average Bonchev–Trinajstić information content (AvgIpc) is 2.76. The SMILES string of the molecule is CCOC(=O)c1c(NC(=O)CCl)sc2c1CCCS2. The zero-order valence-electron chi connectivity index (χ0n) is 10.5. The number of fused-ring (bicyclic) bond motifs is 1. The molecule has 19 heavy (non-hydrogen) atoms. The number of ether oxygens (including phenoxy) is 1. The Hall–Kier alpha value is -0.720. The average molecular weight is 320 g/mol. The van der Waals surface area contributed by atoms with Crippen molar-refractivity contribution in [3.05, 3.63) is 11.1 Å². The highest BCUT2D eigenvalue weighted by Crippen LogP contribution is 2.43. The molecule has 2 heterocycles. The van der Waals surface area contributed by atoms with Gasteiger partial charge in [-0.15, -0.1) is 34.7 Å². The number of carbonyl (C=O) groups is 2. The Bertz CT molecular complexity index is 501. The van der Waals surface area contributed by atoms with Crippen LogP contribution >= 0.6 is 34.7 Å². The number of alkyl halides is 1. The number of carbonyl (C=O) groups excluding carboxylic acids is 2. The van der Waals surface area contributed by atoms with Gasteiger partial charge in [-0.1, -0.05) is 0 Å². The van der Waals surface area contributed by atoms with Crippen molar-refractivity contribution in [3.63, 3.8) is 0 Å². The molecule has 0 atom stereocenters. The lowest BCUT2D eigenvalue weighted by atomic mass is 10.1. The highest BCUT2D eigenvalue weighted by atomic mass is 35.5. The summed E-state index contributed by atoms with van der Waals surface area (Å²) in [5.74, 6) is 0.236. The maximum atomic E-state index is 12.1. The summed E-state index contributed by atoms with van der Waals surface area (Å²) >= 11 is 8.64. The first kappa shape index (κ1) is 14.7. The maximum absolute atomic E-state index is 12.1. The summed E-state index contributed by atoms with van der Waals surface area (Å²) in [6.07, 6.45) is 1.88. The normalized spacial score (nSPS) is 13.8. The van der Waals surface area contributed by atoms with Gasteiger partial charge in [0.05, 0.1) is 16.4 Å². The zero-order valence-corrected chi connectivity index (χ0v) is 12.8. The van der Waals surface area contributed by atoms with E-state index in [2.05, 4.69) is 5.32 Å². The molecular formula is C12H14ClNO3S2. The molecular weight excluding hydrogens is 306 g/mol. The van der Waals surface area contributed by atoms with Gasteiger partial charge in [-0.25, -0.2) is 4.79 Å². The topological polar surface area (TPSA) is 55.4 Å². The predicted octanol–water partition coefficient (Wildman–Crippen LogP) is 3.14. The number of anilines is 1. The minimum absolute atomic E-state index is 0.127. The molecule has 1 aromatic heterocycles. The van der Waals surface area contributed by atoms with Crippen LogP contribution in [0, 0.1) is 0 Å². The summed E-state index contributed by atoms with van der Waals surface area (Å²) in [4.78, 5) is 23.5. The second-order valence-electron chi connectivity index (χ2n) is 3.93. The van der Waals surface area contributed by atoms with Crippen LogP contribution in [0.5, 0.6) is 0 Å². The van der Waals surface area contributed by atoms with Crippen molar-refractivity contribution in [1.82, 2.24) is 0 Å². The molecule has 0 aliphatic carbocycles. The predicted molar refractivity (Wildman–Crippen MR) is 78.7 cm³/mol. The van der Waals surface area contributed by atoms with Crippen LogP contribution < -0.4 is 5.32 Å². The molecule has 1 aromatic rings. The Morgan fingerprint density at radius 3 is 2.95 bits per heavy atom. The summed E-state index contributed by atoms with van der Waals surface area (Å²) in [7, 11) is 0. The number of thiophene rings is 1. The minimum atomic E-state index is -0.368. The van der Waals surface area contributed by atoms with Gasteiger partial charge >= 0.3 is 5.97 Å². The Labute approximate surface area is 124 Å². The fourth-order valence-electron chi connectivity index (χ4n) is 1.87. The first-order valence-electron chi connectivity index (χ1n) is 5.98. The Morgan fingerprint density at radius 2 is 2.26 bits per heavy atom. The summed E-state index contributed by atoms with van der Waals surface area (Å²) in [6, 6.07) is 0. The molecule has 4 nitrogen and oxygen atoms in total. The zero-order chi connectivity index (χ0) is 13.8. The Balaban J connectivity index is 2.37. The number of thioether (sulfide) groups is 1. The molecule has 1 N–H and O–H groups in total. The summed E-state index contributed by atoms with van der Waals surface area (Å²) < 4.78 is 6.18. The van der Waals surface area contributed by atoms with E-state index in [1.54, 1.807) is 18.7 Å². The first-order chi connectivity index (χ1) is 9.17. The third-order valence-electron chi connectivity index (χ3n) is 2.63. The molecule has 1 amide bonds. The van der Waals surface area contributed by atoms with Gasteiger partial charge in [0.2, 0.25) is 5.91 Å². The van der Waals surface area contributed by atoms with Gasteiger partial charge in [0, 0.05) is 0 Å². The fraction of sp³-hybridized carbons (Fsp3) is 0.500. The lowest BCUT2D eigenvalue weighted by Gasteiger charge is -2.11. The molecule has 0 bridgehead atoms. The van der Waals surface area contributed by atoms with Crippen LogP contribution in [0.3, 0.4) is 0 Å². The van der Waals surface area contributed by atoms with Gasteiger partial charge in [-0.05, 0) is 31.1 Å². The minimum Gasteiger partial charge on any atom is -0.462 e. The van der Waals surface area contributed by atoms with E-state index in [1.807, 2.05) is 0 Å². The molecule has 0 fully saturated rings. The van der Waals surface area contributed by atoms with Crippen molar-refractivity contribution >= 4 is 51.6 Å². The lowest BCUT2D eigenvalue weighted by molar-refractivity contribution is -0.113. The third-order valence-corrected chi connectivity index (χ3v) is 5.42. The van der Waals surface area contributed by atoms with Crippen LogP contribution in [-0.4, -0.2) is 30.1 Å². The van der Waals surface area contributed by atoms with Gasteiger partial charge in [-0.2, -0.15) is 0 Å². The molecule has 0 saturated heterocycles. The summed E-state index contributed by atoms with van der Waals surface area (Å²) in [5, 5.41) is 3.25. The molecule has 0 saturated carbocycles. The van der Waals surface area contributed by atoms with E-state index in [1.165, 1.54) is 11.3 Å². The second kappa shape index (κ2) is 6.63. The van der Waals surface area contributed by atoms with E-state index in [9.17, 15) is 9.59 Å². The third kappa shape index (κ3) is 3.24. The Kier molecular flexibility index (Phi) is 5.13. The van der Waals surface area contributed by atoms with Crippen LogP contribution in [0.15, 0.2) is 4.21 Å². The van der Waals surface area contributed by atoms with Crippen LogP contribution in [0.25, 0.3) is 0 Å². The van der Waals surface area contributed by atoms with Gasteiger partial charge in [0.1, 0.15) is 10.9 Å². The lowest BCUT2D eigenvalue weighted by Crippen LogP contribution is -2.16. The quantitative estimate of drug-likeness (QED) is 0.684. The highest BCUT2D eigenvalue weighted by Gasteiger charge is 2.27. The van der Waals surface area contributed by atoms with Crippen molar-refractivity contribution in [2.24, 2.45) is 0 Å². The van der Waals surface area contributed by atoms with Gasteiger partial charge in [0.15, 0.2) is 0 Å². The van der Waals surface area contributed by atoms with Crippen LogP contribution in [-0.2, 0) is 16.0 Å². The maximum Gasteiger partial charge on any atom is 0.341 e. The van der Waals surface area contributed by atoms with Crippen molar-refractivity contribution in [1.29, 1.82) is 0 Å². The van der Waals surface area contributed by atoms with Crippen LogP contribution in [0.1, 0.15) is 29.3 Å². The van der Waals surface area contributed by atoms with Crippen molar-refractivity contribution in [2.75, 3.05) is 23.6 Å². The van der Waals surface area contributed by atoms with Gasteiger partial charge < -0.3 is 10.1 Å². The largest absolute Gasteiger partial charge is 0.462 e. The van der Waals surface area contributed by atoms with Crippen molar-refractivity contribution in [2.45, 2.75) is 24.0 Å². The van der Waals surface area contributed by atoms with E-state index in [-0.39, 0.29) is 17.8 Å². The standard InChI is InChI=1S/C12H14ClNO3S2/c1-2-17-11(16)9-7-4-3-5-18-12(7)19-10(9)14-8(15)6-13/h2-6H2,1H3,(H,14,15). The smallest absolute Gasteiger partial charge is 0.341 e. The number of rotatable bonds is 4. The molecule has 0 spiro atoms. The fourth-order valence-corrected chi connectivity index (χ4v) is 4.51. The number of amides is 1. The molecule has 2 rings (SSSR count). The molecule has 1 aliphatic heterocycles. The van der Waals surface area contributed by atoms with Gasteiger partial charge in [-0.3, -0.25) is 4.79 Å². The molecule has 1 aliphatic rings. The number of hydrogen-bond acceptors (Lipinski definition) is 5. The summed E-state index contributed by atoms with van der Waals surface area (Å²) in [6.45, 7) is 2.09. The highest BCUT2D eigenvalue weighted by molar-refractivity contribution is 8.01. The summed E-state index contributed by atoms with van der Waals surface area (Å²) in [5.41, 5.74) is 1.51. The molecule has 104 valence electrons. The molecule has 0 unspecified atom stereocenters. The van der Waals surface area contributed by atoms with Gasteiger partial charge in [0.25, 0.3) is 0 Å². The number of hydrogen-bond donors (Lipinski definition) is 1. The van der Waals surface area contributed by atoms with E-state index >= 15 is 0 Å². The van der Waals surface area contributed by atoms with E-state index in [0.29, 0.717) is 17.2 Å². The first-order valence-corrected chi connectivity index (χ1v) is 8.32.